The quantitative estimate of drug-likeness (QED) is 0.631. The van der Waals surface area contributed by atoms with Crippen molar-refractivity contribution in [3.63, 3.8) is 0 Å². The number of fused-ring (bicyclic) bond motifs is 1. The molecule has 1 heterocycles. The zero-order chi connectivity index (χ0) is 16.8. The maximum atomic E-state index is 13.3. The van der Waals surface area contributed by atoms with E-state index in [1.165, 1.54) is 25.1 Å². The zero-order valence-electron chi connectivity index (χ0n) is 11.8. The molecular formula is C14H11BrFN3O3S. The summed E-state index contributed by atoms with van der Waals surface area (Å²) in [5, 5.41) is 0. The first-order valence-electron chi connectivity index (χ1n) is 6.47. The van der Waals surface area contributed by atoms with E-state index < -0.39 is 15.8 Å². The first-order valence-corrected chi connectivity index (χ1v) is 8.74. The average molecular weight is 400 g/mol. The highest BCUT2D eigenvalue weighted by Gasteiger charge is 2.17. The molecule has 0 aliphatic rings. The SMILES string of the molecule is Cc1cc(S(=O)(=O)Nc2cc3[nH]c(=O)[nH]c3cc2Br)ccc1F. The molecule has 6 nitrogen and oxygen atoms in total. The van der Waals surface area contributed by atoms with Crippen LogP contribution in [0.3, 0.4) is 0 Å². The number of aromatic amines is 2. The van der Waals surface area contributed by atoms with Crippen molar-refractivity contribution >= 4 is 42.7 Å². The highest BCUT2D eigenvalue weighted by atomic mass is 79.9. The molecule has 120 valence electrons. The topological polar surface area (TPSA) is 94.8 Å². The molecule has 0 amide bonds. The van der Waals surface area contributed by atoms with Crippen molar-refractivity contribution in [3.8, 4) is 0 Å². The lowest BCUT2D eigenvalue weighted by molar-refractivity contribution is 0.598. The maximum Gasteiger partial charge on any atom is 0.323 e. The van der Waals surface area contributed by atoms with E-state index in [-0.39, 0.29) is 21.8 Å². The van der Waals surface area contributed by atoms with Crippen molar-refractivity contribution < 1.29 is 12.8 Å². The van der Waals surface area contributed by atoms with Gasteiger partial charge in [0, 0.05) is 4.47 Å². The molecule has 0 aliphatic heterocycles. The highest BCUT2D eigenvalue weighted by Crippen LogP contribution is 2.28. The van der Waals surface area contributed by atoms with Crippen LogP contribution in [-0.2, 0) is 10.0 Å². The Kier molecular flexibility index (Phi) is 3.77. The van der Waals surface area contributed by atoms with Gasteiger partial charge in [-0.05, 0) is 58.7 Å². The van der Waals surface area contributed by atoms with E-state index in [1.54, 1.807) is 6.07 Å². The van der Waals surface area contributed by atoms with Crippen LogP contribution in [0.15, 0.2) is 44.5 Å². The van der Waals surface area contributed by atoms with Gasteiger partial charge in [0.25, 0.3) is 10.0 Å². The molecule has 1 aromatic heterocycles. The molecule has 0 unspecified atom stereocenters. The Bertz CT molecular complexity index is 1070. The third kappa shape index (κ3) is 3.02. The molecule has 0 atom stereocenters. The van der Waals surface area contributed by atoms with Crippen LogP contribution in [0.25, 0.3) is 11.0 Å². The molecule has 3 N–H and O–H groups in total. The van der Waals surface area contributed by atoms with Crippen LogP contribution in [0.5, 0.6) is 0 Å². The summed E-state index contributed by atoms with van der Waals surface area (Å²) in [5.74, 6) is -0.476. The van der Waals surface area contributed by atoms with Crippen molar-refractivity contribution in [1.29, 1.82) is 0 Å². The third-order valence-electron chi connectivity index (χ3n) is 3.29. The number of H-pyrrole nitrogens is 2. The van der Waals surface area contributed by atoms with Crippen LogP contribution in [0.1, 0.15) is 5.56 Å². The largest absolute Gasteiger partial charge is 0.323 e. The molecule has 3 aromatic rings. The second-order valence-corrected chi connectivity index (χ2v) is 7.51. The summed E-state index contributed by atoms with van der Waals surface area (Å²) in [7, 11) is -3.89. The van der Waals surface area contributed by atoms with Crippen molar-refractivity contribution in [2.45, 2.75) is 11.8 Å². The number of halogens is 2. The first kappa shape index (κ1) is 15.8. The molecule has 0 spiro atoms. The number of aryl methyl sites for hydroxylation is 1. The smallest absolute Gasteiger partial charge is 0.306 e. The van der Waals surface area contributed by atoms with E-state index in [2.05, 4.69) is 30.6 Å². The van der Waals surface area contributed by atoms with Gasteiger partial charge in [-0.1, -0.05) is 0 Å². The number of nitrogens with one attached hydrogen (secondary N) is 3. The fourth-order valence-electron chi connectivity index (χ4n) is 2.12. The van der Waals surface area contributed by atoms with E-state index in [0.29, 0.717) is 15.5 Å². The molecule has 0 saturated heterocycles. The normalized spacial score (nSPS) is 11.8. The fraction of sp³-hybridized carbons (Fsp3) is 0.0714. The van der Waals surface area contributed by atoms with E-state index in [0.717, 1.165) is 6.07 Å². The number of benzene rings is 2. The lowest BCUT2D eigenvalue weighted by atomic mass is 10.2. The number of aromatic nitrogens is 2. The Morgan fingerprint density at radius 1 is 1.13 bits per heavy atom. The van der Waals surface area contributed by atoms with Crippen LogP contribution in [0.2, 0.25) is 0 Å². The maximum absolute atomic E-state index is 13.3. The lowest BCUT2D eigenvalue weighted by Gasteiger charge is -2.10. The van der Waals surface area contributed by atoms with Gasteiger partial charge in [0.15, 0.2) is 0 Å². The van der Waals surface area contributed by atoms with E-state index in [9.17, 15) is 17.6 Å². The minimum absolute atomic E-state index is 0.0500. The Balaban J connectivity index is 2.04. The highest BCUT2D eigenvalue weighted by molar-refractivity contribution is 9.10. The summed E-state index contributed by atoms with van der Waals surface area (Å²) in [6.07, 6.45) is 0. The fourth-order valence-corrected chi connectivity index (χ4v) is 3.85. The van der Waals surface area contributed by atoms with Crippen LogP contribution in [0, 0.1) is 12.7 Å². The number of hydrogen-bond donors (Lipinski definition) is 3. The van der Waals surface area contributed by atoms with Gasteiger partial charge in [0.05, 0.1) is 21.6 Å². The number of sulfonamides is 1. The van der Waals surface area contributed by atoms with Gasteiger partial charge < -0.3 is 9.97 Å². The monoisotopic (exact) mass is 399 g/mol. The summed E-state index contributed by atoms with van der Waals surface area (Å²) in [4.78, 5) is 16.4. The van der Waals surface area contributed by atoms with Gasteiger partial charge in [-0.3, -0.25) is 4.72 Å². The average Bonchev–Trinajstić information content (AvgIpc) is 2.81. The van der Waals surface area contributed by atoms with Crippen molar-refractivity contribution in [3.05, 3.63) is 56.7 Å². The van der Waals surface area contributed by atoms with Crippen LogP contribution < -0.4 is 10.4 Å². The minimum Gasteiger partial charge on any atom is -0.306 e. The van der Waals surface area contributed by atoms with E-state index in [1.807, 2.05) is 0 Å². The molecular weight excluding hydrogens is 389 g/mol. The number of rotatable bonds is 3. The summed E-state index contributed by atoms with van der Waals surface area (Å²) in [6, 6.07) is 6.62. The lowest BCUT2D eigenvalue weighted by Crippen LogP contribution is -2.13. The zero-order valence-corrected chi connectivity index (χ0v) is 14.2. The van der Waals surface area contributed by atoms with Crippen molar-refractivity contribution in [1.82, 2.24) is 9.97 Å². The Hall–Kier alpha value is -2.13. The van der Waals surface area contributed by atoms with Crippen molar-refractivity contribution in [2.24, 2.45) is 0 Å². The number of imidazole rings is 1. The van der Waals surface area contributed by atoms with Gasteiger partial charge in [-0.15, -0.1) is 0 Å². The number of hydrogen-bond acceptors (Lipinski definition) is 3. The molecule has 23 heavy (non-hydrogen) atoms. The number of anilines is 1. The van der Waals surface area contributed by atoms with E-state index in [4.69, 9.17) is 0 Å². The second-order valence-electron chi connectivity index (χ2n) is 4.97. The standard InChI is InChI=1S/C14H11BrFN3O3S/c1-7-4-8(2-3-10(7)16)23(21,22)19-11-6-13-12(5-9(11)15)17-14(20)18-13/h2-6,19H,1H3,(H2,17,18,20). The molecule has 0 saturated carbocycles. The molecule has 0 aliphatic carbocycles. The molecule has 0 fully saturated rings. The van der Waals surface area contributed by atoms with Gasteiger partial charge in [-0.2, -0.15) is 0 Å². The van der Waals surface area contributed by atoms with Crippen molar-refractivity contribution in [2.75, 3.05) is 4.72 Å². The summed E-state index contributed by atoms with van der Waals surface area (Å²) in [5.41, 5.74) is 1.11. The third-order valence-corrected chi connectivity index (χ3v) is 5.31. The van der Waals surface area contributed by atoms with Gasteiger partial charge in [0.2, 0.25) is 0 Å². The van der Waals surface area contributed by atoms with Crippen LogP contribution in [-0.4, -0.2) is 18.4 Å². The second kappa shape index (κ2) is 5.50. The predicted molar refractivity (Wildman–Crippen MR) is 88.6 cm³/mol. The Morgan fingerprint density at radius 3 is 2.43 bits per heavy atom. The van der Waals surface area contributed by atoms with Gasteiger partial charge in [0.1, 0.15) is 5.82 Å². The summed E-state index contributed by atoms with van der Waals surface area (Å²) < 4.78 is 41.0. The van der Waals surface area contributed by atoms with Crippen LogP contribution in [0.4, 0.5) is 10.1 Å². The summed E-state index contributed by atoms with van der Waals surface area (Å²) in [6.45, 7) is 1.49. The first-order chi connectivity index (χ1) is 10.8. The Labute approximate surface area is 138 Å². The molecule has 0 bridgehead atoms. The van der Waals surface area contributed by atoms with Gasteiger partial charge in [-0.25, -0.2) is 17.6 Å². The molecule has 9 heteroatoms. The minimum atomic E-state index is -3.89. The molecule has 0 radical (unpaired) electrons. The molecule has 2 aromatic carbocycles. The Morgan fingerprint density at radius 2 is 1.78 bits per heavy atom. The predicted octanol–water partition coefficient (Wildman–Crippen LogP) is 2.87. The summed E-state index contributed by atoms with van der Waals surface area (Å²) >= 11 is 3.26. The molecule has 3 rings (SSSR count). The van der Waals surface area contributed by atoms with Gasteiger partial charge >= 0.3 is 5.69 Å². The van der Waals surface area contributed by atoms with Crippen LogP contribution >= 0.6 is 15.9 Å². The van der Waals surface area contributed by atoms with E-state index >= 15 is 0 Å².